The topological polar surface area (TPSA) is 238 Å². The summed E-state index contributed by atoms with van der Waals surface area (Å²) in [5.41, 5.74) is 0. The van der Waals surface area contributed by atoms with Crippen molar-refractivity contribution in [3.63, 3.8) is 0 Å². The molecule has 2 aliphatic heterocycles. The summed E-state index contributed by atoms with van der Waals surface area (Å²) < 4.78 is 60.2. The number of carbonyl (C=O) groups is 8. The zero-order chi connectivity index (χ0) is 35.6. The molecule has 0 aromatic carbocycles. The number of rotatable bonds is 12. The van der Waals surface area contributed by atoms with E-state index < -0.39 is 122 Å². The lowest BCUT2D eigenvalue weighted by Crippen LogP contribution is -2.67. The van der Waals surface area contributed by atoms with E-state index >= 15 is 0 Å². The molecule has 10 atom stereocenters. The van der Waals surface area contributed by atoms with Gasteiger partial charge in [-0.05, 0) is 0 Å². The van der Waals surface area contributed by atoms with Crippen molar-refractivity contribution >= 4 is 47.8 Å². The molecule has 2 aliphatic rings. The van der Waals surface area contributed by atoms with E-state index in [1.807, 2.05) is 0 Å². The summed E-state index contributed by atoms with van der Waals surface area (Å²) in [5.74, 6) is -7.02. The molecule has 1 unspecified atom stereocenters. The van der Waals surface area contributed by atoms with E-state index in [9.17, 15) is 38.4 Å². The molecule has 0 radical (unpaired) electrons. The Bertz CT molecular complexity index is 1200. The average molecular weight is 679 g/mol. The first-order chi connectivity index (χ1) is 21.9. The first-order valence-electron chi connectivity index (χ1n) is 14.2. The van der Waals surface area contributed by atoms with E-state index in [0.717, 1.165) is 55.4 Å². The number of hydrogen-bond acceptors (Lipinski definition) is 19. The molecule has 2 heterocycles. The van der Waals surface area contributed by atoms with Gasteiger partial charge < -0.3 is 52.1 Å². The lowest BCUT2D eigenvalue weighted by Gasteiger charge is -2.48. The van der Waals surface area contributed by atoms with Gasteiger partial charge in [-0.25, -0.2) is 0 Å². The molecule has 19 nitrogen and oxygen atoms in total. The molecule has 0 N–H and O–H groups in total. The normalized spacial score (nSPS) is 30.0. The predicted octanol–water partition coefficient (Wildman–Crippen LogP) is -0.831. The van der Waals surface area contributed by atoms with E-state index in [0.29, 0.717) is 0 Å². The monoisotopic (exact) mass is 678 g/mol. The van der Waals surface area contributed by atoms with Crippen LogP contribution in [0.2, 0.25) is 0 Å². The Hall–Kier alpha value is -4.36. The molecule has 264 valence electrons. The van der Waals surface area contributed by atoms with Gasteiger partial charge in [0.25, 0.3) is 0 Å². The largest absolute Gasteiger partial charge is 0.463 e. The Morgan fingerprint density at radius 2 is 0.702 bits per heavy atom. The minimum atomic E-state index is -1.83. The van der Waals surface area contributed by atoms with Crippen LogP contribution in [-0.4, -0.2) is 122 Å². The van der Waals surface area contributed by atoms with Crippen LogP contribution in [0.25, 0.3) is 0 Å². The Morgan fingerprint density at radius 3 is 1.11 bits per heavy atom. The van der Waals surface area contributed by atoms with Gasteiger partial charge in [0.05, 0.1) is 0 Å². The number of hydrogen-bond donors (Lipinski definition) is 0. The minimum Gasteiger partial charge on any atom is -0.463 e. The summed E-state index contributed by atoms with van der Waals surface area (Å²) in [5, 5.41) is 0. The molecule has 19 heteroatoms. The van der Waals surface area contributed by atoms with Crippen molar-refractivity contribution in [3.8, 4) is 0 Å². The molecule has 0 aromatic heterocycles. The maximum absolute atomic E-state index is 12.3. The van der Waals surface area contributed by atoms with Gasteiger partial charge in [-0.3, -0.25) is 38.4 Å². The molecule has 2 fully saturated rings. The van der Waals surface area contributed by atoms with Crippen LogP contribution in [0.4, 0.5) is 0 Å². The van der Waals surface area contributed by atoms with Crippen molar-refractivity contribution in [3.05, 3.63) is 0 Å². The van der Waals surface area contributed by atoms with Crippen LogP contribution in [0.5, 0.6) is 0 Å². The van der Waals surface area contributed by atoms with Crippen LogP contribution in [0.3, 0.4) is 0 Å². The van der Waals surface area contributed by atoms with Crippen LogP contribution < -0.4 is 0 Å². The van der Waals surface area contributed by atoms with Crippen LogP contribution in [0.15, 0.2) is 0 Å². The van der Waals surface area contributed by atoms with E-state index in [1.165, 1.54) is 0 Å². The smallest absolute Gasteiger partial charge is 0.305 e. The minimum absolute atomic E-state index is 0.590. The van der Waals surface area contributed by atoms with Crippen LogP contribution >= 0.6 is 0 Å². The predicted molar refractivity (Wildman–Crippen MR) is 145 cm³/mol. The van der Waals surface area contributed by atoms with Gasteiger partial charge in [0.2, 0.25) is 12.4 Å². The summed E-state index contributed by atoms with van der Waals surface area (Å²) in [7, 11) is 0. The van der Waals surface area contributed by atoms with Crippen LogP contribution in [0.1, 0.15) is 55.4 Å². The van der Waals surface area contributed by atoms with Gasteiger partial charge in [-0.15, -0.1) is 0 Å². The maximum atomic E-state index is 12.3. The molecular formula is C28H38O19. The fourth-order valence-electron chi connectivity index (χ4n) is 4.73. The highest BCUT2D eigenvalue weighted by Gasteiger charge is 2.58. The molecule has 0 aromatic rings. The summed E-state index contributed by atoms with van der Waals surface area (Å²) in [4.78, 5) is 96.3. The molecule has 0 aliphatic carbocycles. The van der Waals surface area contributed by atoms with Crippen molar-refractivity contribution in [1.82, 2.24) is 0 Å². The van der Waals surface area contributed by atoms with Crippen molar-refractivity contribution in [1.29, 1.82) is 0 Å². The molecule has 0 bridgehead atoms. The van der Waals surface area contributed by atoms with Gasteiger partial charge in [0.1, 0.15) is 31.5 Å². The summed E-state index contributed by atoms with van der Waals surface area (Å²) in [6, 6.07) is 0. The Balaban J connectivity index is 2.73. The highest BCUT2D eigenvalue weighted by Crippen LogP contribution is 2.35. The molecule has 0 saturated carbocycles. The van der Waals surface area contributed by atoms with Gasteiger partial charge in [0, 0.05) is 55.4 Å². The third-order valence-electron chi connectivity index (χ3n) is 6.17. The van der Waals surface area contributed by atoms with Crippen molar-refractivity contribution in [2.75, 3.05) is 13.2 Å². The lowest BCUT2D eigenvalue weighted by molar-refractivity contribution is -0.357. The van der Waals surface area contributed by atoms with Crippen molar-refractivity contribution in [2.45, 2.75) is 117 Å². The first kappa shape index (κ1) is 38.8. The van der Waals surface area contributed by atoms with Gasteiger partial charge in [0.15, 0.2) is 30.7 Å². The maximum Gasteiger partial charge on any atom is 0.305 e. The molecule has 2 rings (SSSR count). The SMILES string of the molecule is CC(=O)OC[C@@H]1OC(OC(C)=O)[C@@H](OC(C)=O)[C@H](OC(C)=O)[C@H]1O[C@@H]1O[C@H](COC(C)=O)[C@@H](OC(C)=O)[C@H](OC(C)=O)[C@H]1OC(C)=O. The summed E-state index contributed by atoms with van der Waals surface area (Å²) in [6.45, 7) is 7.05. The summed E-state index contributed by atoms with van der Waals surface area (Å²) >= 11 is 0. The molecule has 2 saturated heterocycles. The van der Waals surface area contributed by atoms with Crippen LogP contribution in [-0.2, 0) is 90.5 Å². The fraction of sp³-hybridized carbons (Fsp3) is 0.714. The highest BCUT2D eigenvalue weighted by atomic mass is 16.8. The van der Waals surface area contributed by atoms with Gasteiger partial charge in [-0.2, -0.15) is 0 Å². The average Bonchev–Trinajstić information content (AvgIpc) is 2.91. The Kier molecular flexibility index (Phi) is 14.5. The summed E-state index contributed by atoms with van der Waals surface area (Å²) in [6.07, 6.45) is -16.3. The molecule has 47 heavy (non-hydrogen) atoms. The third-order valence-corrected chi connectivity index (χ3v) is 6.17. The second-order valence-electron chi connectivity index (χ2n) is 10.3. The van der Waals surface area contributed by atoms with E-state index in [1.54, 1.807) is 0 Å². The molecule has 0 amide bonds. The van der Waals surface area contributed by atoms with Gasteiger partial charge >= 0.3 is 47.8 Å². The van der Waals surface area contributed by atoms with E-state index in [2.05, 4.69) is 0 Å². The second kappa shape index (κ2) is 17.5. The van der Waals surface area contributed by atoms with Gasteiger partial charge in [-0.1, -0.05) is 0 Å². The number of esters is 8. The quantitative estimate of drug-likeness (QED) is 0.181. The zero-order valence-electron chi connectivity index (χ0n) is 26.9. The third kappa shape index (κ3) is 12.1. The highest BCUT2D eigenvalue weighted by molar-refractivity contribution is 5.70. The number of carbonyl (C=O) groups excluding carboxylic acids is 8. The number of ether oxygens (including phenoxy) is 11. The van der Waals surface area contributed by atoms with E-state index in [-0.39, 0.29) is 0 Å². The second-order valence-corrected chi connectivity index (χ2v) is 10.3. The van der Waals surface area contributed by atoms with Crippen molar-refractivity contribution < 1.29 is 90.5 Å². The lowest BCUT2D eigenvalue weighted by atomic mass is 9.96. The standard InChI is InChI=1S/C28H38O19/c1-11(29)37-9-19-21(39-13(3)31)23(40-14(4)32)26(43-17(7)35)28(46-19)47-22-20(10-38-12(2)30)45-27(44-18(8)36)25(42-16(6)34)24(22)41-15(5)33/h19-28H,9-10H2,1-8H3/t19-,20+,21-,22+,23+,24-,25+,26-,27?,28+/m1/s1. The molecular weight excluding hydrogens is 640 g/mol. The molecule has 0 spiro atoms. The fourth-order valence-corrected chi connectivity index (χ4v) is 4.73. The Labute approximate surface area is 268 Å². The van der Waals surface area contributed by atoms with Crippen molar-refractivity contribution in [2.24, 2.45) is 0 Å². The Morgan fingerprint density at radius 1 is 0.383 bits per heavy atom. The zero-order valence-corrected chi connectivity index (χ0v) is 26.9. The first-order valence-corrected chi connectivity index (χ1v) is 14.2. The van der Waals surface area contributed by atoms with E-state index in [4.69, 9.17) is 52.1 Å². The van der Waals surface area contributed by atoms with Crippen LogP contribution in [0, 0.1) is 0 Å².